The van der Waals surface area contributed by atoms with E-state index < -0.39 is 0 Å². The number of halogens is 1. The van der Waals surface area contributed by atoms with Gasteiger partial charge in [-0.25, -0.2) is 4.39 Å². The van der Waals surface area contributed by atoms with Crippen LogP contribution in [0.5, 0.6) is 5.75 Å². The van der Waals surface area contributed by atoms with Crippen molar-refractivity contribution in [2.45, 2.75) is 32.3 Å². The van der Waals surface area contributed by atoms with E-state index in [0.717, 1.165) is 25.9 Å². The van der Waals surface area contributed by atoms with Gasteiger partial charge in [-0.15, -0.1) is 0 Å². The maximum Gasteiger partial charge on any atom is 0.167 e. The molecule has 88 valence electrons. The second-order valence-corrected chi connectivity index (χ2v) is 4.16. The highest BCUT2D eigenvalue weighted by Crippen LogP contribution is 2.21. The van der Waals surface area contributed by atoms with Crippen molar-refractivity contribution in [2.75, 3.05) is 13.2 Å². The van der Waals surface area contributed by atoms with Crippen molar-refractivity contribution < 1.29 is 13.9 Å². The van der Waals surface area contributed by atoms with Gasteiger partial charge in [0, 0.05) is 13.0 Å². The van der Waals surface area contributed by atoms with Crippen LogP contribution in [-0.4, -0.2) is 19.3 Å². The monoisotopic (exact) mass is 224 g/mol. The molecule has 0 saturated carbocycles. The van der Waals surface area contributed by atoms with E-state index >= 15 is 0 Å². The van der Waals surface area contributed by atoms with Crippen LogP contribution in [0.1, 0.15) is 24.8 Å². The number of hydrogen-bond donors (Lipinski definition) is 0. The zero-order chi connectivity index (χ0) is 11.4. The van der Waals surface area contributed by atoms with Gasteiger partial charge in [0.1, 0.15) is 0 Å². The lowest BCUT2D eigenvalue weighted by Crippen LogP contribution is -2.11. The Balaban J connectivity index is 1.82. The molecular weight excluding hydrogens is 207 g/mol. The Morgan fingerprint density at radius 2 is 2.38 bits per heavy atom. The molecule has 1 fully saturated rings. The second kappa shape index (κ2) is 5.30. The van der Waals surface area contributed by atoms with Crippen LogP contribution in [0.2, 0.25) is 0 Å². The van der Waals surface area contributed by atoms with Crippen LogP contribution in [0.15, 0.2) is 18.2 Å². The van der Waals surface area contributed by atoms with Crippen LogP contribution in [0.3, 0.4) is 0 Å². The molecule has 1 aromatic carbocycles. The summed E-state index contributed by atoms with van der Waals surface area (Å²) >= 11 is 0. The first-order chi connectivity index (χ1) is 7.77. The number of ether oxygens (including phenoxy) is 2. The van der Waals surface area contributed by atoms with Gasteiger partial charge < -0.3 is 9.47 Å². The Bertz CT molecular complexity index is 346. The van der Waals surface area contributed by atoms with Gasteiger partial charge >= 0.3 is 0 Å². The van der Waals surface area contributed by atoms with Crippen molar-refractivity contribution in [3.8, 4) is 5.75 Å². The summed E-state index contributed by atoms with van der Waals surface area (Å²) in [6.45, 7) is 3.11. The first-order valence-electron chi connectivity index (χ1n) is 5.77. The Kier molecular flexibility index (Phi) is 3.78. The molecule has 0 aromatic heterocycles. The molecule has 16 heavy (non-hydrogen) atoms. The average molecular weight is 224 g/mol. The molecule has 2 nitrogen and oxygen atoms in total. The van der Waals surface area contributed by atoms with E-state index in [9.17, 15) is 4.39 Å². The molecule has 1 unspecified atom stereocenters. The molecule has 0 amide bonds. The lowest BCUT2D eigenvalue weighted by Gasteiger charge is -2.11. The number of rotatable bonds is 4. The second-order valence-electron chi connectivity index (χ2n) is 4.16. The highest BCUT2D eigenvalue weighted by molar-refractivity contribution is 5.29. The molecule has 0 aliphatic carbocycles. The fraction of sp³-hybridized carbons (Fsp3) is 0.538. The molecule has 0 bridgehead atoms. The van der Waals surface area contributed by atoms with Gasteiger partial charge in [-0.05, 0) is 31.4 Å². The molecule has 2 rings (SSSR count). The summed E-state index contributed by atoms with van der Waals surface area (Å²) in [5, 5.41) is 0. The smallest absolute Gasteiger partial charge is 0.167 e. The van der Waals surface area contributed by atoms with Gasteiger partial charge in [-0.3, -0.25) is 0 Å². The summed E-state index contributed by atoms with van der Waals surface area (Å²) in [4.78, 5) is 0. The fourth-order valence-corrected chi connectivity index (χ4v) is 1.90. The van der Waals surface area contributed by atoms with E-state index in [1.807, 2.05) is 0 Å². The number of benzene rings is 1. The van der Waals surface area contributed by atoms with Crippen molar-refractivity contribution in [3.63, 3.8) is 0 Å². The van der Waals surface area contributed by atoms with Crippen LogP contribution < -0.4 is 4.74 Å². The summed E-state index contributed by atoms with van der Waals surface area (Å²) in [6.07, 6.45) is 3.36. The molecule has 0 spiro atoms. The maximum atomic E-state index is 13.5. The Morgan fingerprint density at radius 3 is 3.12 bits per heavy atom. The largest absolute Gasteiger partial charge is 0.490 e. The van der Waals surface area contributed by atoms with E-state index in [4.69, 9.17) is 9.47 Å². The first kappa shape index (κ1) is 11.4. The molecular formula is C13H17FO2. The summed E-state index contributed by atoms with van der Waals surface area (Å²) < 4.78 is 24.4. The van der Waals surface area contributed by atoms with E-state index in [-0.39, 0.29) is 5.82 Å². The average Bonchev–Trinajstić information content (AvgIpc) is 2.77. The van der Waals surface area contributed by atoms with Crippen molar-refractivity contribution >= 4 is 0 Å². The minimum atomic E-state index is -0.255. The normalized spacial score (nSPS) is 20.0. The third-order valence-corrected chi connectivity index (χ3v) is 2.88. The van der Waals surface area contributed by atoms with Crippen LogP contribution in [0.25, 0.3) is 0 Å². The number of hydrogen-bond acceptors (Lipinski definition) is 2. The van der Waals surface area contributed by atoms with Crippen LogP contribution in [-0.2, 0) is 4.74 Å². The summed E-state index contributed by atoms with van der Waals surface area (Å²) in [5.74, 6) is 0.0906. The quantitative estimate of drug-likeness (QED) is 0.782. The van der Waals surface area contributed by atoms with Crippen molar-refractivity contribution in [1.82, 2.24) is 0 Å². The summed E-state index contributed by atoms with van der Waals surface area (Å²) in [5.41, 5.74) is 0.620. The van der Waals surface area contributed by atoms with Gasteiger partial charge in [0.2, 0.25) is 0 Å². The van der Waals surface area contributed by atoms with Crippen molar-refractivity contribution in [3.05, 3.63) is 29.6 Å². The first-order valence-corrected chi connectivity index (χ1v) is 5.77. The molecule has 0 radical (unpaired) electrons. The summed E-state index contributed by atoms with van der Waals surface area (Å²) in [7, 11) is 0. The van der Waals surface area contributed by atoms with Crippen LogP contribution >= 0.6 is 0 Å². The summed E-state index contributed by atoms with van der Waals surface area (Å²) in [6, 6.07) is 5.21. The van der Waals surface area contributed by atoms with E-state index in [2.05, 4.69) is 0 Å². The molecule has 1 aliphatic rings. The zero-order valence-electron chi connectivity index (χ0n) is 9.54. The Morgan fingerprint density at radius 1 is 1.50 bits per heavy atom. The topological polar surface area (TPSA) is 18.5 Å². The Hall–Kier alpha value is -1.09. The van der Waals surface area contributed by atoms with E-state index in [0.29, 0.717) is 24.0 Å². The molecule has 1 atom stereocenters. The maximum absolute atomic E-state index is 13.5. The number of aryl methyl sites for hydroxylation is 1. The van der Waals surface area contributed by atoms with Crippen LogP contribution in [0.4, 0.5) is 4.39 Å². The van der Waals surface area contributed by atoms with Gasteiger partial charge in [-0.1, -0.05) is 12.1 Å². The van der Waals surface area contributed by atoms with E-state index in [1.165, 1.54) is 0 Å². The predicted molar refractivity (Wildman–Crippen MR) is 60.2 cm³/mol. The molecule has 1 aliphatic heterocycles. The highest BCUT2D eigenvalue weighted by atomic mass is 19.1. The van der Waals surface area contributed by atoms with E-state index in [1.54, 1.807) is 25.1 Å². The molecule has 1 aromatic rings. The van der Waals surface area contributed by atoms with Crippen molar-refractivity contribution in [2.24, 2.45) is 0 Å². The molecule has 1 heterocycles. The lowest BCUT2D eigenvalue weighted by atomic mass is 10.2. The highest BCUT2D eigenvalue weighted by Gasteiger charge is 2.15. The zero-order valence-corrected chi connectivity index (χ0v) is 9.54. The minimum Gasteiger partial charge on any atom is -0.490 e. The van der Waals surface area contributed by atoms with Gasteiger partial charge in [0.05, 0.1) is 12.7 Å². The van der Waals surface area contributed by atoms with Gasteiger partial charge in [-0.2, -0.15) is 0 Å². The standard InChI is InChI=1S/C13H17FO2/c1-10-4-2-6-12(13(10)14)16-9-7-11-5-3-8-15-11/h2,4,6,11H,3,5,7-9H2,1H3. The van der Waals surface area contributed by atoms with Gasteiger partial charge in [0.15, 0.2) is 11.6 Å². The van der Waals surface area contributed by atoms with Crippen LogP contribution in [0, 0.1) is 12.7 Å². The molecule has 0 N–H and O–H groups in total. The SMILES string of the molecule is Cc1cccc(OCCC2CCCO2)c1F. The predicted octanol–water partition coefficient (Wildman–Crippen LogP) is 3.08. The molecule has 3 heteroatoms. The molecule has 1 saturated heterocycles. The Labute approximate surface area is 95.4 Å². The minimum absolute atomic E-state index is 0.255. The van der Waals surface area contributed by atoms with Gasteiger partial charge in [0.25, 0.3) is 0 Å². The fourth-order valence-electron chi connectivity index (χ4n) is 1.90. The lowest BCUT2D eigenvalue weighted by molar-refractivity contribution is 0.0897. The third-order valence-electron chi connectivity index (χ3n) is 2.88. The third kappa shape index (κ3) is 2.73. The van der Waals surface area contributed by atoms with Crippen molar-refractivity contribution in [1.29, 1.82) is 0 Å².